The molecular weight excluding hydrogens is 392 g/mol. The summed E-state index contributed by atoms with van der Waals surface area (Å²) in [4.78, 5) is 17.9. The molecule has 0 aliphatic heterocycles. The zero-order valence-electron chi connectivity index (χ0n) is 16.6. The molecule has 0 atom stereocenters. The smallest absolute Gasteiger partial charge is 0.231 e. The number of imidazole rings is 2. The van der Waals surface area contributed by atoms with Gasteiger partial charge in [0.25, 0.3) is 0 Å². The van der Waals surface area contributed by atoms with Crippen LogP contribution in [0.1, 0.15) is 0 Å². The van der Waals surface area contributed by atoms with E-state index in [1.807, 2.05) is 69.9 Å². The van der Waals surface area contributed by atoms with Gasteiger partial charge >= 0.3 is 0 Å². The highest BCUT2D eigenvalue weighted by atomic mass is 16.3. The highest BCUT2D eigenvalue weighted by molar-refractivity contribution is 5.86. The van der Waals surface area contributed by atoms with E-state index >= 15 is 0 Å². The van der Waals surface area contributed by atoms with Crippen LogP contribution in [-0.4, -0.2) is 47.3 Å². The largest absolute Gasteiger partial charge is 0.395 e. The van der Waals surface area contributed by atoms with Crippen molar-refractivity contribution in [1.82, 2.24) is 29.1 Å². The number of para-hydroxylation sites is 1. The molecule has 3 aromatic heterocycles. The molecule has 2 aromatic carbocycles. The second kappa shape index (κ2) is 8.25. The maximum absolute atomic E-state index is 9.24. The molecule has 9 heteroatoms. The van der Waals surface area contributed by atoms with E-state index in [9.17, 15) is 5.11 Å². The Hall–Kier alpha value is -4.24. The van der Waals surface area contributed by atoms with E-state index in [1.54, 1.807) is 18.9 Å². The second-order valence-electron chi connectivity index (χ2n) is 6.81. The van der Waals surface area contributed by atoms with Crippen molar-refractivity contribution in [1.29, 1.82) is 0 Å². The van der Waals surface area contributed by atoms with Crippen LogP contribution >= 0.6 is 0 Å². The molecule has 0 saturated heterocycles. The summed E-state index contributed by atoms with van der Waals surface area (Å²) in [5, 5.41) is 15.6. The monoisotopic (exact) mass is 412 g/mol. The van der Waals surface area contributed by atoms with Gasteiger partial charge in [-0.2, -0.15) is 9.97 Å². The van der Waals surface area contributed by atoms with Crippen molar-refractivity contribution in [2.24, 2.45) is 0 Å². The summed E-state index contributed by atoms with van der Waals surface area (Å²) in [6.45, 7) is 0.354. The number of fused-ring (bicyclic) bond motifs is 1. The van der Waals surface area contributed by atoms with Crippen molar-refractivity contribution >= 4 is 28.6 Å². The summed E-state index contributed by atoms with van der Waals surface area (Å²) in [5.41, 5.74) is 4.11. The van der Waals surface area contributed by atoms with Gasteiger partial charge in [-0.15, -0.1) is 0 Å². The first kappa shape index (κ1) is 18.8. The minimum atomic E-state index is -0.0106. The van der Waals surface area contributed by atoms with Gasteiger partial charge in [0.05, 0.1) is 12.9 Å². The number of aliphatic hydroxyl groups excluding tert-OH is 1. The van der Waals surface area contributed by atoms with Gasteiger partial charge in [0.2, 0.25) is 5.95 Å². The Morgan fingerprint density at radius 3 is 2.48 bits per heavy atom. The normalized spacial score (nSPS) is 11.0. The lowest BCUT2D eigenvalue weighted by molar-refractivity contribution is 0.311. The van der Waals surface area contributed by atoms with Crippen LogP contribution in [0.15, 0.2) is 79.6 Å². The third kappa shape index (κ3) is 3.81. The molecular formula is C22H20N8O. The Morgan fingerprint density at radius 1 is 0.903 bits per heavy atom. The maximum atomic E-state index is 9.24. The van der Waals surface area contributed by atoms with E-state index in [0.717, 1.165) is 17.1 Å². The summed E-state index contributed by atoms with van der Waals surface area (Å²) in [5.74, 6) is 0.993. The number of rotatable bonds is 7. The summed E-state index contributed by atoms with van der Waals surface area (Å²) in [6, 6.07) is 17.8. The average molecular weight is 412 g/mol. The number of benzene rings is 2. The van der Waals surface area contributed by atoms with Gasteiger partial charge in [-0.25, -0.2) is 9.97 Å². The Bertz CT molecular complexity index is 1280. The zero-order valence-corrected chi connectivity index (χ0v) is 16.6. The minimum Gasteiger partial charge on any atom is -0.395 e. The molecule has 0 aliphatic carbocycles. The zero-order chi connectivity index (χ0) is 21.0. The number of nitrogens with zero attached hydrogens (tertiary/aromatic N) is 6. The fraction of sp³-hybridized carbons (Fsp3) is 0.0909. The van der Waals surface area contributed by atoms with Crippen molar-refractivity contribution in [3.8, 4) is 11.4 Å². The number of anilines is 3. The van der Waals surface area contributed by atoms with E-state index in [0.29, 0.717) is 29.5 Å². The van der Waals surface area contributed by atoms with Gasteiger partial charge in [0, 0.05) is 36.0 Å². The van der Waals surface area contributed by atoms with Crippen molar-refractivity contribution in [2.75, 3.05) is 23.8 Å². The fourth-order valence-electron chi connectivity index (χ4n) is 3.29. The van der Waals surface area contributed by atoms with Gasteiger partial charge in [-0.05, 0) is 36.4 Å². The van der Waals surface area contributed by atoms with Gasteiger partial charge < -0.3 is 20.3 Å². The number of aliphatic hydroxyl groups is 1. The predicted octanol–water partition coefficient (Wildman–Crippen LogP) is 3.15. The number of nitrogens with one attached hydrogen (secondary N) is 2. The third-order valence-electron chi connectivity index (χ3n) is 4.76. The minimum absolute atomic E-state index is 0.0106. The Kier molecular flexibility index (Phi) is 4.99. The van der Waals surface area contributed by atoms with Crippen LogP contribution in [0.5, 0.6) is 0 Å². The van der Waals surface area contributed by atoms with Crippen LogP contribution < -0.4 is 10.6 Å². The standard InChI is InChI=1S/C22H20N8O/c31-13-11-24-20-19-21(30(15-25-19)18-4-2-1-3-5-18)28-22(27-20)26-16-6-8-17(9-7-16)29-12-10-23-14-29/h1-10,12,14-15,31H,11,13H2,(H2,24,26,27,28). The molecule has 31 heavy (non-hydrogen) atoms. The fourth-order valence-corrected chi connectivity index (χ4v) is 3.29. The molecule has 0 unspecified atom stereocenters. The number of hydrogen-bond acceptors (Lipinski definition) is 7. The Balaban J connectivity index is 1.51. The molecule has 0 amide bonds. The molecule has 9 nitrogen and oxygen atoms in total. The lowest BCUT2D eigenvalue weighted by Gasteiger charge is -2.11. The summed E-state index contributed by atoms with van der Waals surface area (Å²) in [6.07, 6.45) is 7.11. The topological polar surface area (TPSA) is 106 Å². The predicted molar refractivity (Wildman–Crippen MR) is 119 cm³/mol. The molecule has 0 saturated carbocycles. The van der Waals surface area contributed by atoms with Gasteiger partial charge in [-0.3, -0.25) is 4.57 Å². The Morgan fingerprint density at radius 2 is 1.74 bits per heavy atom. The van der Waals surface area contributed by atoms with Crippen molar-refractivity contribution in [3.63, 3.8) is 0 Å². The molecule has 0 spiro atoms. The second-order valence-corrected chi connectivity index (χ2v) is 6.81. The van der Waals surface area contributed by atoms with E-state index in [1.165, 1.54) is 0 Å². The molecule has 154 valence electrons. The van der Waals surface area contributed by atoms with E-state index in [-0.39, 0.29) is 6.61 Å². The molecule has 0 bridgehead atoms. The van der Waals surface area contributed by atoms with Gasteiger partial charge in [-0.1, -0.05) is 18.2 Å². The highest BCUT2D eigenvalue weighted by Crippen LogP contribution is 2.25. The molecule has 3 N–H and O–H groups in total. The lowest BCUT2D eigenvalue weighted by Crippen LogP contribution is -2.10. The lowest BCUT2D eigenvalue weighted by atomic mass is 10.3. The average Bonchev–Trinajstić information content (AvgIpc) is 3.49. The van der Waals surface area contributed by atoms with E-state index in [4.69, 9.17) is 4.98 Å². The quantitative estimate of drug-likeness (QED) is 0.377. The maximum Gasteiger partial charge on any atom is 0.231 e. The van der Waals surface area contributed by atoms with Crippen LogP contribution in [0, 0.1) is 0 Å². The van der Waals surface area contributed by atoms with Crippen molar-refractivity contribution in [3.05, 3.63) is 79.6 Å². The molecule has 0 radical (unpaired) electrons. The van der Waals surface area contributed by atoms with E-state index in [2.05, 4.69) is 25.6 Å². The van der Waals surface area contributed by atoms with Crippen LogP contribution in [0.4, 0.5) is 17.5 Å². The summed E-state index contributed by atoms with van der Waals surface area (Å²) >= 11 is 0. The number of hydrogen-bond donors (Lipinski definition) is 3. The molecule has 5 aromatic rings. The van der Waals surface area contributed by atoms with Crippen LogP contribution in [0.25, 0.3) is 22.5 Å². The summed E-state index contributed by atoms with van der Waals surface area (Å²) < 4.78 is 3.84. The van der Waals surface area contributed by atoms with Crippen LogP contribution in [-0.2, 0) is 0 Å². The first-order chi connectivity index (χ1) is 15.3. The molecule has 0 fully saturated rings. The first-order valence-corrected chi connectivity index (χ1v) is 9.82. The highest BCUT2D eigenvalue weighted by Gasteiger charge is 2.14. The molecule has 5 rings (SSSR count). The Labute approximate surface area is 178 Å². The van der Waals surface area contributed by atoms with Gasteiger partial charge in [0.15, 0.2) is 17.0 Å². The van der Waals surface area contributed by atoms with Crippen LogP contribution in [0.3, 0.4) is 0 Å². The molecule has 0 aliphatic rings. The van der Waals surface area contributed by atoms with Crippen molar-refractivity contribution < 1.29 is 5.11 Å². The van der Waals surface area contributed by atoms with E-state index < -0.39 is 0 Å². The van der Waals surface area contributed by atoms with Crippen molar-refractivity contribution in [2.45, 2.75) is 0 Å². The first-order valence-electron chi connectivity index (χ1n) is 9.82. The molecule has 3 heterocycles. The summed E-state index contributed by atoms with van der Waals surface area (Å²) in [7, 11) is 0. The third-order valence-corrected chi connectivity index (χ3v) is 4.76. The van der Waals surface area contributed by atoms with Crippen LogP contribution in [0.2, 0.25) is 0 Å². The SMILES string of the molecule is OCCNc1nc(Nc2ccc(-n3ccnc3)cc2)nc2c1ncn2-c1ccccc1. The number of aromatic nitrogens is 6. The van der Waals surface area contributed by atoms with Gasteiger partial charge in [0.1, 0.15) is 6.33 Å².